The Kier molecular flexibility index (Phi) is 21.8. The first-order valence-electron chi connectivity index (χ1n) is 12.3. The third kappa shape index (κ3) is 17.0. The van der Waals surface area contributed by atoms with Crippen LogP contribution in [0.3, 0.4) is 0 Å². The Morgan fingerprint density at radius 1 is 0.393 bits per heavy atom. The first kappa shape index (κ1) is 28.1. The summed E-state index contributed by atoms with van der Waals surface area (Å²) >= 11 is 0. The zero-order chi connectivity index (χ0) is 20.8. The van der Waals surface area contributed by atoms with E-state index < -0.39 is 9.05 Å². The number of rotatable bonds is 23. The highest BCUT2D eigenvalue weighted by Gasteiger charge is 2.45. The van der Waals surface area contributed by atoms with Crippen molar-refractivity contribution in [3.05, 3.63) is 0 Å². The maximum atomic E-state index is 6.18. The van der Waals surface area contributed by atoms with E-state index in [0.29, 0.717) is 26.4 Å². The van der Waals surface area contributed by atoms with Gasteiger partial charge in [0.25, 0.3) is 0 Å². The van der Waals surface area contributed by atoms with Gasteiger partial charge in [-0.1, -0.05) is 97.8 Å². The third-order valence-electron chi connectivity index (χ3n) is 4.90. The molecule has 0 saturated carbocycles. The van der Waals surface area contributed by atoms with Gasteiger partial charge in [-0.3, -0.25) is 0 Å². The topological polar surface area (TPSA) is 36.9 Å². The van der Waals surface area contributed by atoms with Crippen molar-refractivity contribution in [3.63, 3.8) is 0 Å². The molecule has 0 radical (unpaired) electrons. The van der Waals surface area contributed by atoms with Crippen molar-refractivity contribution < 1.29 is 17.7 Å². The zero-order valence-corrected chi connectivity index (χ0v) is 20.6. The number of unbranched alkanes of at least 4 members (excludes halogenated alkanes) is 12. The van der Waals surface area contributed by atoms with Crippen LogP contribution in [0, 0.1) is 0 Å². The molecule has 0 heterocycles. The predicted octanol–water partition coefficient (Wildman–Crippen LogP) is 7.42. The fourth-order valence-electron chi connectivity index (χ4n) is 3.14. The molecule has 0 saturated heterocycles. The zero-order valence-electron chi connectivity index (χ0n) is 19.6. The minimum absolute atomic E-state index is 0.577. The summed E-state index contributed by atoms with van der Waals surface area (Å²) in [6, 6.07) is 0. The van der Waals surface area contributed by atoms with Crippen LogP contribution in [0.25, 0.3) is 0 Å². The van der Waals surface area contributed by atoms with Gasteiger partial charge in [-0.05, 0) is 26.2 Å². The Morgan fingerprint density at radius 3 is 1.00 bits per heavy atom. The van der Waals surface area contributed by atoms with Crippen LogP contribution >= 0.6 is 0 Å². The third-order valence-corrected chi connectivity index (χ3v) is 7.22. The number of hydrogen-bond donors (Lipinski definition) is 0. The molecule has 0 amide bonds. The molecule has 4 nitrogen and oxygen atoms in total. The molecule has 0 aliphatic heterocycles. The molecule has 0 atom stereocenters. The average Bonchev–Trinajstić information content (AvgIpc) is 2.70. The molecular weight excluding hydrogens is 368 g/mol. The van der Waals surface area contributed by atoms with Crippen molar-refractivity contribution in [3.8, 4) is 0 Å². The molecule has 0 fully saturated rings. The molecule has 0 rings (SSSR count). The molecule has 0 aliphatic carbocycles. The molecule has 0 aromatic heterocycles. The highest BCUT2D eigenvalue weighted by molar-refractivity contribution is 6.53. The lowest BCUT2D eigenvalue weighted by molar-refractivity contribution is -0.0344. The van der Waals surface area contributed by atoms with E-state index in [2.05, 4.69) is 20.8 Å². The van der Waals surface area contributed by atoms with Crippen molar-refractivity contribution in [2.24, 2.45) is 0 Å². The largest absolute Gasteiger partial charge is 0.679 e. The van der Waals surface area contributed by atoms with Gasteiger partial charge in [0.05, 0.1) is 0 Å². The second-order valence-corrected chi connectivity index (χ2v) is 9.88. The van der Waals surface area contributed by atoms with Crippen LogP contribution in [0.15, 0.2) is 0 Å². The smallest absolute Gasteiger partial charge is 0.351 e. The van der Waals surface area contributed by atoms with Crippen LogP contribution < -0.4 is 0 Å². The van der Waals surface area contributed by atoms with Gasteiger partial charge in [-0.2, -0.15) is 0 Å². The molecule has 0 N–H and O–H groups in total. The van der Waals surface area contributed by atoms with E-state index in [1.54, 1.807) is 0 Å². The van der Waals surface area contributed by atoms with Crippen molar-refractivity contribution in [1.29, 1.82) is 0 Å². The van der Waals surface area contributed by atoms with Crippen LogP contribution in [0.2, 0.25) is 0 Å². The average molecular weight is 419 g/mol. The van der Waals surface area contributed by atoms with Crippen LogP contribution in [-0.4, -0.2) is 35.5 Å². The molecule has 0 aromatic rings. The Balaban J connectivity index is 4.39. The molecule has 0 aliphatic rings. The minimum Gasteiger partial charge on any atom is -0.351 e. The minimum atomic E-state index is -3.00. The summed E-state index contributed by atoms with van der Waals surface area (Å²) in [6.07, 6.45) is 18.3. The SMILES string of the molecule is CCCCCCCO[Si](OCC)(OCCCCCCC)OCCCCCCC. The summed E-state index contributed by atoms with van der Waals surface area (Å²) in [4.78, 5) is 0. The first-order valence-corrected chi connectivity index (χ1v) is 13.9. The molecule has 0 bridgehead atoms. The summed E-state index contributed by atoms with van der Waals surface area (Å²) in [5, 5.41) is 0. The van der Waals surface area contributed by atoms with Gasteiger partial charge in [0.2, 0.25) is 0 Å². The van der Waals surface area contributed by atoms with Gasteiger partial charge in [0.1, 0.15) is 0 Å². The summed E-state index contributed by atoms with van der Waals surface area (Å²) in [7, 11) is -3.00. The van der Waals surface area contributed by atoms with E-state index in [1.807, 2.05) is 6.92 Å². The fourth-order valence-corrected chi connectivity index (χ4v) is 5.17. The summed E-state index contributed by atoms with van der Waals surface area (Å²) in [5.74, 6) is 0. The van der Waals surface area contributed by atoms with Crippen molar-refractivity contribution >= 4 is 9.05 Å². The van der Waals surface area contributed by atoms with E-state index in [9.17, 15) is 0 Å². The van der Waals surface area contributed by atoms with Crippen LogP contribution in [0.1, 0.15) is 124 Å². The van der Waals surface area contributed by atoms with Crippen LogP contribution in [0.4, 0.5) is 0 Å². The Morgan fingerprint density at radius 2 is 0.714 bits per heavy atom. The van der Waals surface area contributed by atoms with Gasteiger partial charge in [0.15, 0.2) is 0 Å². The maximum Gasteiger partial charge on any atom is 0.679 e. The van der Waals surface area contributed by atoms with Crippen LogP contribution in [-0.2, 0) is 17.7 Å². The van der Waals surface area contributed by atoms with Gasteiger partial charge in [0, 0.05) is 26.4 Å². The monoisotopic (exact) mass is 418 g/mol. The highest BCUT2D eigenvalue weighted by atomic mass is 28.4. The summed E-state index contributed by atoms with van der Waals surface area (Å²) in [6.45, 7) is 11.4. The lowest BCUT2D eigenvalue weighted by atomic mass is 10.2. The van der Waals surface area contributed by atoms with E-state index in [-0.39, 0.29) is 0 Å². The highest BCUT2D eigenvalue weighted by Crippen LogP contribution is 2.17. The molecular formula is C23H50O4Si. The lowest BCUT2D eigenvalue weighted by Gasteiger charge is -2.28. The Hall–Kier alpha value is 0.0569. The summed E-state index contributed by atoms with van der Waals surface area (Å²) in [5.41, 5.74) is 0. The normalized spacial score (nSPS) is 12.0. The van der Waals surface area contributed by atoms with E-state index in [0.717, 1.165) is 19.3 Å². The second-order valence-electron chi connectivity index (χ2n) is 7.72. The Labute approximate surface area is 177 Å². The fraction of sp³-hybridized carbons (Fsp3) is 1.00. The summed E-state index contributed by atoms with van der Waals surface area (Å²) < 4.78 is 24.5. The van der Waals surface area contributed by atoms with Crippen molar-refractivity contribution in [2.75, 3.05) is 26.4 Å². The van der Waals surface area contributed by atoms with Crippen molar-refractivity contribution in [2.45, 2.75) is 124 Å². The van der Waals surface area contributed by atoms with E-state index >= 15 is 0 Å². The first-order chi connectivity index (χ1) is 13.7. The molecule has 0 spiro atoms. The number of hydrogen-bond acceptors (Lipinski definition) is 4. The Bertz CT molecular complexity index is 262. The molecule has 0 aromatic carbocycles. The van der Waals surface area contributed by atoms with Gasteiger partial charge in [-0.15, -0.1) is 0 Å². The standard InChI is InChI=1S/C23H50O4Si/c1-5-9-12-15-18-21-25-28(24-8-4,26-22-19-16-13-10-6-2)27-23-20-17-14-11-7-3/h5-23H2,1-4H3. The second kappa shape index (κ2) is 21.8. The maximum absolute atomic E-state index is 6.18. The van der Waals surface area contributed by atoms with Gasteiger partial charge >= 0.3 is 9.05 Å². The molecule has 170 valence electrons. The van der Waals surface area contributed by atoms with E-state index in [1.165, 1.54) is 77.0 Å². The van der Waals surface area contributed by atoms with Gasteiger partial charge < -0.3 is 17.7 Å². The van der Waals surface area contributed by atoms with Crippen LogP contribution in [0.5, 0.6) is 0 Å². The molecule has 5 heteroatoms. The van der Waals surface area contributed by atoms with E-state index in [4.69, 9.17) is 17.7 Å². The molecule has 0 unspecified atom stereocenters. The predicted molar refractivity (Wildman–Crippen MR) is 122 cm³/mol. The van der Waals surface area contributed by atoms with Crippen molar-refractivity contribution in [1.82, 2.24) is 0 Å². The quantitative estimate of drug-likeness (QED) is 0.128. The lowest BCUT2D eigenvalue weighted by Crippen LogP contribution is -2.50. The van der Waals surface area contributed by atoms with Gasteiger partial charge in [-0.25, -0.2) is 0 Å². The molecule has 28 heavy (non-hydrogen) atoms.